The number of oxime groups is 1. The molecule has 20 heavy (non-hydrogen) atoms. The van der Waals surface area contributed by atoms with Crippen LogP contribution in [-0.4, -0.2) is 39.5 Å². The molecule has 6 heteroatoms. The van der Waals surface area contributed by atoms with Crippen molar-refractivity contribution < 1.29 is 14.7 Å². The van der Waals surface area contributed by atoms with Crippen LogP contribution in [0.3, 0.4) is 0 Å². The lowest BCUT2D eigenvalue weighted by molar-refractivity contribution is 0.0283. The number of ether oxygens (including phenoxy) is 1. The molecule has 0 aliphatic carbocycles. The minimum atomic E-state index is -0.527. The van der Waals surface area contributed by atoms with E-state index in [0.717, 1.165) is 0 Å². The Labute approximate surface area is 119 Å². The van der Waals surface area contributed by atoms with E-state index in [9.17, 15) is 4.79 Å². The molecule has 0 spiro atoms. The Bertz CT molecular complexity index is 507. The van der Waals surface area contributed by atoms with Crippen molar-refractivity contribution in [3.05, 3.63) is 29.6 Å². The van der Waals surface area contributed by atoms with Crippen LogP contribution in [-0.2, 0) is 11.3 Å². The molecule has 1 N–H and O–H groups in total. The van der Waals surface area contributed by atoms with Gasteiger partial charge in [0.1, 0.15) is 11.3 Å². The third kappa shape index (κ3) is 4.87. The van der Waals surface area contributed by atoms with Crippen LogP contribution < -0.4 is 0 Å². The van der Waals surface area contributed by atoms with Crippen LogP contribution in [0.5, 0.6) is 0 Å². The largest absolute Gasteiger partial charge is 0.444 e. The minimum Gasteiger partial charge on any atom is -0.444 e. The average Bonchev–Trinajstić information content (AvgIpc) is 2.36. The summed E-state index contributed by atoms with van der Waals surface area (Å²) in [7, 11) is 1.65. The third-order valence-electron chi connectivity index (χ3n) is 2.43. The van der Waals surface area contributed by atoms with E-state index in [-0.39, 0.29) is 0 Å². The molecule has 0 aliphatic heterocycles. The number of amides is 1. The Morgan fingerprint density at radius 2 is 2.10 bits per heavy atom. The zero-order chi connectivity index (χ0) is 15.3. The summed E-state index contributed by atoms with van der Waals surface area (Å²) < 4.78 is 5.27. The summed E-state index contributed by atoms with van der Waals surface area (Å²) >= 11 is 0. The second-order valence-corrected chi connectivity index (χ2v) is 5.54. The lowest BCUT2D eigenvalue weighted by Gasteiger charge is -2.24. The number of carbonyl (C=O) groups is 1. The zero-order valence-electron chi connectivity index (χ0n) is 12.5. The van der Waals surface area contributed by atoms with Gasteiger partial charge in [-0.1, -0.05) is 11.2 Å². The van der Waals surface area contributed by atoms with Gasteiger partial charge in [-0.2, -0.15) is 0 Å². The number of nitrogens with zero attached hydrogens (tertiary/aromatic N) is 3. The standard InChI is InChI=1S/C14H21N3O3/c1-10(16-19)12-8-6-7-11(15-12)9-17(5)13(18)20-14(2,3)4/h6-8,19H,9H2,1-5H3/b16-10+. The number of aromatic nitrogens is 1. The van der Waals surface area contributed by atoms with E-state index in [1.54, 1.807) is 32.2 Å². The summed E-state index contributed by atoms with van der Waals surface area (Å²) in [5, 5.41) is 11.9. The van der Waals surface area contributed by atoms with E-state index in [0.29, 0.717) is 23.6 Å². The maximum atomic E-state index is 11.9. The highest BCUT2D eigenvalue weighted by Gasteiger charge is 2.19. The Kier molecular flexibility index (Phi) is 5.07. The summed E-state index contributed by atoms with van der Waals surface area (Å²) in [4.78, 5) is 17.6. The second-order valence-electron chi connectivity index (χ2n) is 5.54. The molecule has 0 atom stereocenters. The quantitative estimate of drug-likeness (QED) is 0.524. The van der Waals surface area contributed by atoms with Crippen molar-refractivity contribution >= 4 is 11.8 Å². The van der Waals surface area contributed by atoms with Crippen molar-refractivity contribution in [2.24, 2.45) is 5.16 Å². The number of carbonyl (C=O) groups excluding carboxylic acids is 1. The molecule has 0 radical (unpaired) electrons. The molecule has 0 fully saturated rings. The first-order valence-electron chi connectivity index (χ1n) is 6.32. The van der Waals surface area contributed by atoms with Gasteiger partial charge in [0.05, 0.1) is 17.9 Å². The fraction of sp³-hybridized carbons (Fsp3) is 0.500. The van der Waals surface area contributed by atoms with E-state index >= 15 is 0 Å². The molecule has 0 saturated carbocycles. The topological polar surface area (TPSA) is 75.0 Å². The van der Waals surface area contributed by atoms with Crippen LogP contribution in [0.4, 0.5) is 4.79 Å². The van der Waals surface area contributed by atoms with Gasteiger partial charge in [0.25, 0.3) is 0 Å². The van der Waals surface area contributed by atoms with Crippen molar-refractivity contribution in [1.29, 1.82) is 0 Å². The van der Waals surface area contributed by atoms with Crippen LogP contribution in [0.2, 0.25) is 0 Å². The van der Waals surface area contributed by atoms with Crippen molar-refractivity contribution in [3.8, 4) is 0 Å². The Morgan fingerprint density at radius 3 is 2.65 bits per heavy atom. The van der Waals surface area contributed by atoms with Crippen LogP contribution in [0.15, 0.2) is 23.4 Å². The van der Waals surface area contributed by atoms with Crippen LogP contribution in [0, 0.1) is 0 Å². The summed E-state index contributed by atoms with van der Waals surface area (Å²) in [5.41, 5.74) is 1.16. The highest BCUT2D eigenvalue weighted by molar-refractivity contribution is 5.96. The Morgan fingerprint density at radius 1 is 1.45 bits per heavy atom. The molecule has 0 aliphatic rings. The Balaban J connectivity index is 2.76. The van der Waals surface area contributed by atoms with Crippen molar-refractivity contribution in [2.45, 2.75) is 39.8 Å². The van der Waals surface area contributed by atoms with Gasteiger partial charge < -0.3 is 14.8 Å². The molecule has 1 aromatic heterocycles. The van der Waals surface area contributed by atoms with Gasteiger partial charge in [0.2, 0.25) is 0 Å². The number of rotatable bonds is 3. The second kappa shape index (κ2) is 6.36. The molecule has 0 saturated heterocycles. The van der Waals surface area contributed by atoms with Gasteiger partial charge in [-0.15, -0.1) is 0 Å². The smallest absolute Gasteiger partial charge is 0.410 e. The first kappa shape index (κ1) is 15.9. The lowest BCUT2D eigenvalue weighted by atomic mass is 10.2. The number of hydrogen-bond acceptors (Lipinski definition) is 5. The monoisotopic (exact) mass is 279 g/mol. The highest BCUT2D eigenvalue weighted by Crippen LogP contribution is 2.11. The SMILES string of the molecule is C/C(=N\O)c1cccc(CN(C)C(=O)OC(C)(C)C)n1. The van der Waals surface area contributed by atoms with Gasteiger partial charge in [-0.3, -0.25) is 0 Å². The van der Waals surface area contributed by atoms with Crippen molar-refractivity contribution in [1.82, 2.24) is 9.88 Å². The van der Waals surface area contributed by atoms with Gasteiger partial charge in [-0.05, 0) is 39.8 Å². The molecule has 110 valence electrons. The molecule has 0 unspecified atom stereocenters. The first-order valence-corrected chi connectivity index (χ1v) is 6.32. The summed E-state index contributed by atoms with van der Waals surface area (Å²) in [6.45, 7) is 7.43. The molecule has 0 aromatic carbocycles. The maximum Gasteiger partial charge on any atom is 0.410 e. The zero-order valence-corrected chi connectivity index (χ0v) is 12.5. The fourth-order valence-electron chi connectivity index (χ4n) is 1.47. The maximum absolute atomic E-state index is 11.9. The average molecular weight is 279 g/mol. The van der Waals surface area contributed by atoms with Gasteiger partial charge in [0, 0.05) is 7.05 Å². The van der Waals surface area contributed by atoms with Crippen LogP contribution >= 0.6 is 0 Å². The van der Waals surface area contributed by atoms with Crippen molar-refractivity contribution in [2.75, 3.05) is 7.05 Å². The minimum absolute atomic E-state index is 0.321. The van der Waals surface area contributed by atoms with Gasteiger partial charge >= 0.3 is 6.09 Å². The molecule has 1 amide bonds. The summed E-state index contributed by atoms with van der Waals surface area (Å²) in [6, 6.07) is 5.34. The molecule has 6 nitrogen and oxygen atoms in total. The molecular weight excluding hydrogens is 258 g/mol. The molecule has 1 rings (SSSR count). The molecular formula is C14H21N3O3. The summed E-state index contributed by atoms with van der Waals surface area (Å²) in [6.07, 6.45) is -0.405. The van der Waals surface area contributed by atoms with Gasteiger partial charge in [-0.25, -0.2) is 9.78 Å². The molecule has 1 heterocycles. The predicted octanol–water partition coefficient (Wildman–Crippen LogP) is 2.65. The fourth-order valence-corrected chi connectivity index (χ4v) is 1.47. The predicted molar refractivity (Wildman–Crippen MR) is 75.9 cm³/mol. The van der Waals surface area contributed by atoms with Gasteiger partial charge in [0.15, 0.2) is 0 Å². The van der Waals surface area contributed by atoms with Crippen LogP contribution in [0.1, 0.15) is 39.1 Å². The molecule has 0 bridgehead atoms. The van der Waals surface area contributed by atoms with E-state index < -0.39 is 11.7 Å². The van der Waals surface area contributed by atoms with E-state index in [1.165, 1.54) is 4.90 Å². The lowest BCUT2D eigenvalue weighted by Crippen LogP contribution is -2.34. The Hall–Kier alpha value is -2.11. The molecule has 1 aromatic rings. The number of hydrogen-bond donors (Lipinski definition) is 1. The first-order chi connectivity index (χ1) is 9.23. The van der Waals surface area contributed by atoms with E-state index in [1.807, 2.05) is 20.8 Å². The third-order valence-corrected chi connectivity index (χ3v) is 2.43. The van der Waals surface area contributed by atoms with Crippen molar-refractivity contribution in [3.63, 3.8) is 0 Å². The normalized spacial score (nSPS) is 12.2. The van der Waals surface area contributed by atoms with E-state index in [4.69, 9.17) is 9.94 Å². The van der Waals surface area contributed by atoms with E-state index in [2.05, 4.69) is 10.1 Å². The highest BCUT2D eigenvalue weighted by atomic mass is 16.6. The summed E-state index contributed by atoms with van der Waals surface area (Å²) in [5.74, 6) is 0. The van der Waals surface area contributed by atoms with Crippen LogP contribution in [0.25, 0.3) is 0 Å². The number of pyridine rings is 1.